The average Bonchev–Trinajstić information content (AvgIpc) is 3.36. The Morgan fingerprint density at radius 1 is 1.19 bits per heavy atom. The van der Waals surface area contributed by atoms with Crippen LogP contribution >= 0.6 is 11.3 Å². The summed E-state index contributed by atoms with van der Waals surface area (Å²) in [7, 11) is 0. The van der Waals surface area contributed by atoms with Crippen LogP contribution in [0.1, 0.15) is 18.5 Å². The Balaban J connectivity index is 1.39. The van der Waals surface area contributed by atoms with Gasteiger partial charge in [-0.05, 0) is 50.1 Å². The Kier molecular flexibility index (Phi) is 5.34. The number of halogens is 2. The summed E-state index contributed by atoms with van der Waals surface area (Å²) in [5.41, 5.74) is 2.30. The topological polar surface area (TPSA) is 63.1 Å². The molecule has 2 aromatic heterocycles. The van der Waals surface area contributed by atoms with Gasteiger partial charge in [0.1, 0.15) is 11.6 Å². The van der Waals surface area contributed by atoms with Gasteiger partial charge >= 0.3 is 0 Å². The number of fused-ring (bicyclic) bond motifs is 1. The van der Waals surface area contributed by atoms with Crippen LogP contribution in [0.15, 0.2) is 48.5 Å². The minimum Gasteiger partial charge on any atom is -0.347 e. The molecule has 1 saturated heterocycles. The van der Waals surface area contributed by atoms with E-state index in [-0.39, 0.29) is 23.3 Å². The lowest BCUT2D eigenvalue weighted by Crippen LogP contribution is -2.40. The van der Waals surface area contributed by atoms with E-state index >= 15 is 0 Å². The molecule has 4 aromatic rings. The van der Waals surface area contributed by atoms with Crippen molar-refractivity contribution in [2.75, 3.05) is 23.3 Å². The Bertz CT molecular complexity index is 1300. The lowest BCUT2D eigenvalue weighted by Gasteiger charge is -2.31. The average molecular weight is 454 g/mol. The highest BCUT2D eigenvalue weighted by molar-refractivity contribution is 7.22. The molecule has 0 unspecified atom stereocenters. The van der Waals surface area contributed by atoms with Crippen LogP contribution in [-0.4, -0.2) is 33.8 Å². The highest BCUT2D eigenvalue weighted by atomic mass is 32.1. The van der Waals surface area contributed by atoms with Crippen molar-refractivity contribution in [2.24, 2.45) is 5.92 Å². The van der Waals surface area contributed by atoms with Gasteiger partial charge in [-0.1, -0.05) is 29.5 Å². The maximum absolute atomic E-state index is 13.9. The van der Waals surface area contributed by atoms with Crippen molar-refractivity contribution in [3.8, 4) is 5.69 Å². The third kappa shape index (κ3) is 3.84. The molecule has 0 spiro atoms. The number of carbonyl (C=O) groups excluding carboxylic acids is 1. The van der Waals surface area contributed by atoms with Crippen LogP contribution in [0.5, 0.6) is 0 Å². The van der Waals surface area contributed by atoms with Crippen molar-refractivity contribution in [2.45, 2.75) is 19.8 Å². The number of hydrogen-bond acceptors (Lipinski definition) is 5. The molecule has 0 bridgehead atoms. The molecule has 0 radical (unpaired) electrons. The van der Waals surface area contributed by atoms with Gasteiger partial charge in [-0.2, -0.15) is 10.1 Å². The summed E-state index contributed by atoms with van der Waals surface area (Å²) < 4.78 is 30.2. The van der Waals surface area contributed by atoms with Crippen molar-refractivity contribution < 1.29 is 13.6 Å². The summed E-state index contributed by atoms with van der Waals surface area (Å²) >= 11 is 1.52. The molecule has 1 amide bonds. The fraction of sp³-hybridized carbons (Fsp3) is 0.261. The van der Waals surface area contributed by atoms with Gasteiger partial charge in [-0.3, -0.25) is 4.79 Å². The van der Waals surface area contributed by atoms with Crippen LogP contribution in [0.3, 0.4) is 0 Å². The summed E-state index contributed by atoms with van der Waals surface area (Å²) in [6, 6.07) is 12.4. The van der Waals surface area contributed by atoms with Crippen LogP contribution in [0.25, 0.3) is 16.0 Å². The molecule has 1 fully saturated rings. The largest absolute Gasteiger partial charge is 0.347 e. The predicted molar refractivity (Wildman–Crippen MR) is 121 cm³/mol. The molecule has 164 valence electrons. The van der Waals surface area contributed by atoms with E-state index in [4.69, 9.17) is 4.98 Å². The first-order valence-electron chi connectivity index (χ1n) is 10.4. The third-order valence-electron chi connectivity index (χ3n) is 5.62. The van der Waals surface area contributed by atoms with Crippen molar-refractivity contribution in [1.82, 2.24) is 14.8 Å². The molecule has 9 heteroatoms. The number of hydrogen-bond donors (Lipinski definition) is 1. The molecule has 32 heavy (non-hydrogen) atoms. The Labute approximate surface area is 187 Å². The van der Waals surface area contributed by atoms with Crippen LogP contribution in [-0.2, 0) is 4.79 Å². The maximum atomic E-state index is 13.9. The van der Waals surface area contributed by atoms with Crippen LogP contribution in [0.4, 0.5) is 19.6 Å². The van der Waals surface area contributed by atoms with E-state index in [0.717, 1.165) is 34.9 Å². The monoisotopic (exact) mass is 453 g/mol. The number of aromatic nitrogens is 3. The molecular weight excluding hydrogens is 432 g/mol. The third-order valence-corrected chi connectivity index (χ3v) is 6.84. The standard InChI is InChI=1S/C23H21F2N5OS/c1-14-20-21(30(28-14)17-8-4-7-16(24)12-17)27-23(32-20)29-11-5-6-15(13-29)22(31)26-19-10-3-2-9-18(19)25/h2-4,7-10,12,15H,5-6,11,13H2,1H3,(H,26,31)/t15-/m0/s1. The highest BCUT2D eigenvalue weighted by Gasteiger charge is 2.29. The van der Waals surface area contributed by atoms with Gasteiger partial charge in [-0.25, -0.2) is 13.5 Å². The highest BCUT2D eigenvalue weighted by Crippen LogP contribution is 2.34. The second kappa shape index (κ2) is 8.31. The summed E-state index contributed by atoms with van der Waals surface area (Å²) in [5.74, 6) is -1.24. The molecule has 2 aromatic carbocycles. The van der Waals surface area contributed by atoms with Crippen molar-refractivity contribution in [3.63, 3.8) is 0 Å². The first-order chi connectivity index (χ1) is 15.5. The smallest absolute Gasteiger partial charge is 0.229 e. The first-order valence-corrected chi connectivity index (χ1v) is 11.2. The number of para-hydroxylation sites is 1. The Morgan fingerprint density at radius 3 is 2.84 bits per heavy atom. The molecule has 3 heterocycles. The number of amides is 1. The SMILES string of the molecule is Cc1nn(-c2cccc(F)c2)c2nc(N3CCC[C@H](C(=O)Nc4ccccc4F)C3)sc12. The van der Waals surface area contributed by atoms with E-state index in [9.17, 15) is 13.6 Å². The predicted octanol–water partition coefficient (Wildman–Crippen LogP) is 4.92. The van der Waals surface area contributed by atoms with E-state index < -0.39 is 5.82 Å². The number of benzene rings is 2. The van der Waals surface area contributed by atoms with Crippen LogP contribution in [0.2, 0.25) is 0 Å². The molecule has 1 atom stereocenters. The van der Waals surface area contributed by atoms with Gasteiger partial charge < -0.3 is 10.2 Å². The number of anilines is 2. The second-order valence-electron chi connectivity index (χ2n) is 7.88. The van der Waals surface area contributed by atoms with E-state index in [1.54, 1.807) is 35.0 Å². The van der Waals surface area contributed by atoms with Crippen molar-refractivity contribution in [3.05, 3.63) is 65.9 Å². The van der Waals surface area contributed by atoms with Gasteiger partial charge in [0.15, 0.2) is 10.8 Å². The quantitative estimate of drug-likeness (QED) is 0.476. The minimum atomic E-state index is -0.447. The zero-order valence-corrected chi connectivity index (χ0v) is 18.2. The van der Waals surface area contributed by atoms with Gasteiger partial charge in [0.2, 0.25) is 5.91 Å². The molecule has 1 N–H and O–H groups in total. The molecule has 6 nitrogen and oxygen atoms in total. The molecule has 1 aliphatic rings. The summed E-state index contributed by atoms with van der Waals surface area (Å²) in [6.07, 6.45) is 1.57. The Hall–Kier alpha value is -3.33. The summed E-state index contributed by atoms with van der Waals surface area (Å²) in [6.45, 7) is 3.19. The number of aryl methyl sites for hydroxylation is 1. The minimum absolute atomic E-state index is 0.192. The van der Waals surface area contributed by atoms with Crippen molar-refractivity contribution >= 4 is 38.4 Å². The molecule has 1 aliphatic heterocycles. The van der Waals surface area contributed by atoms with E-state index in [2.05, 4.69) is 15.3 Å². The zero-order chi connectivity index (χ0) is 22.2. The molecule has 0 aliphatic carbocycles. The zero-order valence-electron chi connectivity index (χ0n) is 17.4. The van der Waals surface area contributed by atoms with Crippen LogP contribution < -0.4 is 10.2 Å². The molecular formula is C23H21F2N5OS. The lowest BCUT2D eigenvalue weighted by atomic mass is 9.97. The number of carbonyl (C=O) groups is 1. The number of thiazole rings is 1. The van der Waals surface area contributed by atoms with Gasteiger partial charge in [0, 0.05) is 13.1 Å². The summed E-state index contributed by atoms with van der Waals surface area (Å²) in [5, 5.41) is 8.04. The van der Waals surface area contributed by atoms with E-state index in [0.29, 0.717) is 17.9 Å². The number of piperidine rings is 1. The molecule has 5 rings (SSSR count). The lowest BCUT2D eigenvalue weighted by molar-refractivity contribution is -0.120. The van der Waals surface area contributed by atoms with E-state index in [1.807, 2.05) is 6.92 Å². The fourth-order valence-electron chi connectivity index (χ4n) is 4.01. The van der Waals surface area contributed by atoms with E-state index in [1.165, 1.54) is 29.5 Å². The number of rotatable bonds is 4. The summed E-state index contributed by atoms with van der Waals surface area (Å²) in [4.78, 5) is 19.7. The van der Waals surface area contributed by atoms with Gasteiger partial charge in [0.25, 0.3) is 0 Å². The fourth-order valence-corrected chi connectivity index (χ4v) is 5.03. The van der Waals surface area contributed by atoms with Crippen LogP contribution in [0, 0.1) is 24.5 Å². The maximum Gasteiger partial charge on any atom is 0.229 e. The van der Waals surface area contributed by atoms with Gasteiger partial charge in [0.05, 0.1) is 27.7 Å². The Morgan fingerprint density at radius 2 is 2.03 bits per heavy atom. The van der Waals surface area contributed by atoms with Gasteiger partial charge in [-0.15, -0.1) is 0 Å². The normalized spacial score (nSPS) is 16.5. The number of nitrogens with one attached hydrogen (secondary N) is 1. The number of nitrogens with zero attached hydrogens (tertiary/aromatic N) is 4. The second-order valence-corrected chi connectivity index (χ2v) is 8.86. The first kappa shape index (κ1) is 20.6. The molecule has 0 saturated carbocycles. The van der Waals surface area contributed by atoms with Crippen molar-refractivity contribution in [1.29, 1.82) is 0 Å².